The van der Waals surface area contributed by atoms with Crippen molar-refractivity contribution in [2.24, 2.45) is 0 Å². The van der Waals surface area contributed by atoms with E-state index in [-0.39, 0.29) is 5.78 Å². The van der Waals surface area contributed by atoms with E-state index < -0.39 is 0 Å². The van der Waals surface area contributed by atoms with E-state index >= 15 is 0 Å². The summed E-state index contributed by atoms with van der Waals surface area (Å²) in [5, 5.41) is 0.775. The summed E-state index contributed by atoms with van der Waals surface area (Å²) in [7, 11) is 0. The Hall–Kier alpha value is -1.71. The van der Waals surface area contributed by atoms with Crippen molar-refractivity contribution in [2.45, 2.75) is 6.92 Å². The number of halogens is 2. The molecule has 2 aromatic rings. The maximum Gasteiger partial charge on any atom is 0.198 e. The molecule has 3 nitrogen and oxygen atoms in total. The summed E-state index contributed by atoms with van der Waals surface area (Å²) in [6.07, 6.45) is 0. The number of ketones is 1. The summed E-state index contributed by atoms with van der Waals surface area (Å²) >= 11 is 11.9. The zero-order valence-corrected chi connectivity index (χ0v) is 12.3. The summed E-state index contributed by atoms with van der Waals surface area (Å²) in [5.74, 6) is 0.133. The summed E-state index contributed by atoms with van der Waals surface area (Å²) in [5.41, 5.74) is 7.02. The first-order valence-electron chi connectivity index (χ1n) is 6.05. The van der Waals surface area contributed by atoms with Crippen molar-refractivity contribution >= 4 is 34.7 Å². The molecule has 0 saturated heterocycles. The third kappa shape index (κ3) is 2.89. The monoisotopic (exact) mass is 309 g/mol. The van der Waals surface area contributed by atoms with Gasteiger partial charge in [-0.1, -0.05) is 29.3 Å². The summed E-state index contributed by atoms with van der Waals surface area (Å²) < 4.78 is 5.46. The van der Waals surface area contributed by atoms with Crippen LogP contribution in [0.2, 0.25) is 10.0 Å². The van der Waals surface area contributed by atoms with Crippen LogP contribution in [-0.2, 0) is 0 Å². The normalized spacial score (nSPS) is 10.3. The zero-order chi connectivity index (χ0) is 14.7. The highest BCUT2D eigenvalue weighted by Gasteiger charge is 2.19. The van der Waals surface area contributed by atoms with Gasteiger partial charge in [-0.3, -0.25) is 4.79 Å². The van der Waals surface area contributed by atoms with E-state index in [9.17, 15) is 4.79 Å². The molecule has 0 aliphatic rings. The van der Waals surface area contributed by atoms with Crippen LogP contribution in [0, 0.1) is 0 Å². The fraction of sp³-hybridized carbons (Fsp3) is 0.133. The van der Waals surface area contributed by atoms with Gasteiger partial charge in [0.25, 0.3) is 0 Å². The van der Waals surface area contributed by atoms with Crippen LogP contribution in [0.3, 0.4) is 0 Å². The molecule has 104 valence electrons. The predicted octanol–water partition coefficient (Wildman–Crippen LogP) is 4.21. The molecule has 0 radical (unpaired) electrons. The highest BCUT2D eigenvalue weighted by molar-refractivity contribution is 6.37. The van der Waals surface area contributed by atoms with Gasteiger partial charge in [0.15, 0.2) is 11.5 Å². The smallest absolute Gasteiger partial charge is 0.198 e. The minimum absolute atomic E-state index is 0.248. The van der Waals surface area contributed by atoms with Gasteiger partial charge < -0.3 is 10.5 Å². The summed E-state index contributed by atoms with van der Waals surface area (Å²) in [4.78, 5) is 12.6. The molecule has 0 saturated carbocycles. The lowest BCUT2D eigenvalue weighted by molar-refractivity contribution is 0.103. The fourth-order valence-electron chi connectivity index (χ4n) is 1.86. The molecule has 2 aromatic carbocycles. The summed E-state index contributed by atoms with van der Waals surface area (Å²) in [6, 6.07) is 9.79. The van der Waals surface area contributed by atoms with Crippen LogP contribution in [0.25, 0.3) is 0 Å². The van der Waals surface area contributed by atoms with E-state index in [1.54, 1.807) is 30.3 Å². The second-order valence-electron chi connectivity index (χ2n) is 4.11. The van der Waals surface area contributed by atoms with Crippen LogP contribution in [0.5, 0.6) is 5.75 Å². The Kier molecular flexibility index (Phi) is 4.53. The van der Waals surface area contributed by atoms with Crippen LogP contribution in [0.1, 0.15) is 22.8 Å². The standard InChI is InChI=1S/C15H13Cl2NO2/c1-2-20-15-11(4-3-5-13(15)18)14(19)10-7-6-9(16)8-12(10)17/h3-8H,2,18H2,1H3. The van der Waals surface area contributed by atoms with Crippen LogP contribution in [-0.4, -0.2) is 12.4 Å². The number of para-hydroxylation sites is 1. The third-order valence-corrected chi connectivity index (χ3v) is 3.30. The molecule has 2 rings (SSSR count). The van der Waals surface area contributed by atoms with Gasteiger partial charge in [-0.2, -0.15) is 0 Å². The maximum absolute atomic E-state index is 12.6. The Bertz CT molecular complexity index is 656. The molecule has 2 N–H and O–H groups in total. The third-order valence-electron chi connectivity index (χ3n) is 2.75. The van der Waals surface area contributed by atoms with Crippen molar-refractivity contribution in [3.63, 3.8) is 0 Å². The molecule has 0 spiro atoms. The van der Waals surface area contributed by atoms with E-state index in [1.165, 1.54) is 6.07 Å². The average molecular weight is 310 g/mol. The first-order chi connectivity index (χ1) is 9.54. The Morgan fingerprint density at radius 2 is 1.95 bits per heavy atom. The molecule has 0 aromatic heterocycles. The molecule has 0 aliphatic heterocycles. The second kappa shape index (κ2) is 6.16. The Balaban J connectivity index is 2.50. The summed E-state index contributed by atoms with van der Waals surface area (Å²) in [6.45, 7) is 2.25. The van der Waals surface area contributed by atoms with Gasteiger partial charge in [-0.25, -0.2) is 0 Å². The van der Waals surface area contributed by atoms with Crippen molar-refractivity contribution in [2.75, 3.05) is 12.3 Å². The number of carbonyl (C=O) groups excluding carboxylic acids is 1. The van der Waals surface area contributed by atoms with Crippen molar-refractivity contribution in [1.82, 2.24) is 0 Å². The van der Waals surface area contributed by atoms with Gasteiger partial charge in [0.2, 0.25) is 0 Å². The lowest BCUT2D eigenvalue weighted by atomic mass is 10.0. The molecule has 0 aliphatic carbocycles. The van der Waals surface area contributed by atoms with Crippen molar-refractivity contribution in [1.29, 1.82) is 0 Å². The quantitative estimate of drug-likeness (QED) is 0.680. The van der Waals surface area contributed by atoms with Gasteiger partial charge in [-0.15, -0.1) is 0 Å². The second-order valence-corrected chi connectivity index (χ2v) is 4.95. The van der Waals surface area contributed by atoms with Crippen molar-refractivity contribution in [3.05, 3.63) is 57.6 Å². The largest absolute Gasteiger partial charge is 0.491 e. The van der Waals surface area contributed by atoms with Crippen LogP contribution < -0.4 is 10.5 Å². The van der Waals surface area contributed by atoms with Gasteiger partial charge in [0.05, 0.1) is 22.9 Å². The van der Waals surface area contributed by atoms with Crippen LogP contribution >= 0.6 is 23.2 Å². The average Bonchev–Trinajstić information content (AvgIpc) is 2.40. The topological polar surface area (TPSA) is 52.3 Å². The number of carbonyl (C=O) groups is 1. The number of ether oxygens (including phenoxy) is 1. The van der Waals surface area contributed by atoms with E-state index in [0.717, 1.165) is 0 Å². The van der Waals surface area contributed by atoms with E-state index in [4.69, 9.17) is 33.7 Å². The SMILES string of the molecule is CCOc1c(N)cccc1C(=O)c1ccc(Cl)cc1Cl. The van der Waals surface area contributed by atoms with Gasteiger partial charge in [0, 0.05) is 10.6 Å². The minimum Gasteiger partial charge on any atom is -0.491 e. The molecule has 0 fully saturated rings. The van der Waals surface area contributed by atoms with E-state index in [2.05, 4.69) is 0 Å². The minimum atomic E-state index is -0.248. The molecule has 0 bridgehead atoms. The highest BCUT2D eigenvalue weighted by atomic mass is 35.5. The number of rotatable bonds is 4. The van der Waals surface area contributed by atoms with Crippen LogP contribution in [0.15, 0.2) is 36.4 Å². The predicted molar refractivity (Wildman–Crippen MR) is 81.9 cm³/mol. The fourth-order valence-corrected chi connectivity index (χ4v) is 2.35. The van der Waals surface area contributed by atoms with Gasteiger partial charge >= 0.3 is 0 Å². The molecular formula is C15H13Cl2NO2. The number of hydrogen-bond acceptors (Lipinski definition) is 3. The number of hydrogen-bond donors (Lipinski definition) is 1. The lowest BCUT2D eigenvalue weighted by Gasteiger charge is -2.12. The molecule has 5 heteroatoms. The Morgan fingerprint density at radius 1 is 1.20 bits per heavy atom. The molecule has 0 unspecified atom stereocenters. The number of anilines is 1. The Labute approximate surface area is 127 Å². The van der Waals surface area contributed by atoms with E-state index in [0.29, 0.717) is 39.2 Å². The Morgan fingerprint density at radius 3 is 2.60 bits per heavy atom. The zero-order valence-electron chi connectivity index (χ0n) is 10.8. The molecular weight excluding hydrogens is 297 g/mol. The van der Waals surface area contributed by atoms with Gasteiger partial charge in [-0.05, 0) is 37.3 Å². The first kappa shape index (κ1) is 14.7. The van der Waals surface area contributed by atoms with Crippen molar-refractivity contribution in [3.8, 4) is 5.75 Å². The molecule has 20 heavy (non-hydrogen) atoms. The number of nitrogens with two attached hydrogens (primary N) is 1. The number of nitrogen functional groups attached to an aromatic ring is 1. The van der Waals surface area contributed by atoms with Crippen LogP contribution in [0.4, 0.5) is 5.69 Å². The van der Waals surface area contributed by atoms with Crippen molar-refractivity contribution < 1.29 is 9.53 Å². The highest BCUT2D eigenvalue weighted by Crippen LogP contribution is 2.31. The van der Waals surface area contributed by atoms with Gasteiger partial charge in [0.1, 0.15) is 0 Å². The lowest BCUT2D eigenvalue weighted by Crippen LogP contribution is -2.08. The molecule has 0 atom stereocenters. The molecule has 0 amide bonds. The van der Waals surface area contributed by atoms with E-state index in [1.807, 2.05) is 6.92 Å². The molecule has 0 heterocycles. The number of benzene rings is 2. The first-order valence-corrected chi connectivity index (χ1v) is 6.81. The maximum atomic E-state index is 12.6.